The Morgan fingerprint density at radius 3 is 2.78 bits per heavy atom. The van der Waals surface area contributed by atoms with Crippen molar-refractivity contribution >= 4 is 33.2 Å². The summed E-state index contributed by atoms with van der Waals surface area (Å²) in [6, 6.07) is 3.38. The lowest BCUT2D eigenvalue weighted by molar-refractivity contribution is 0.338. The molecule has 2 rings (SSSR count). The number of hydrogen-bond acceptors (Lipinski definition) is 2. The van der Waals surface area contributed by atoms with E-state index >= 15 is 0 Å². The molecule has 2 nitrogen and oxygen atoms in total. The van der Waals surface area contributed by atoms with Gasteiger partial charge in [0.1, 0.15) is 5.82 Å². The molecule has 2 atom stereocenters. The van der Waals surface area contributed by atoms with E-state index in [1.807, 2.05) is 7.05 Å². The van der Waals surface area contributed by atoms with Crippen LogP contribution in [0.15, 0.2) is 16.6 Å². The fourth-order valence-corrected chi connectivity index (χ4v) is 3.74. The zero-order valence-corrected chi connectivity index (χ0v) is 12.9. The van der Waals surface area contributed by atoms with Gasteiger partial charge in [-0.05, 0) is 47.4 Å². The molecule has 18 heavy (non-hydrogen) atoms. The number of nitrogens with one attached hydrogen (secondary N) is 1. The molecule has 1 fully saturated rings. The highest BCUT2D eigenvalue weighted by Gasteiger charge is 2.27. The number of piperidine rings is 1. The van der Waals surface area contributed by atoms with Crippen LogP contribution in [0.5, 0.6) is 0 Å². The summed E-state index contributed by atoms with van der Waals surface area (Å²) < 4.78 is 14.0. The van der Waals surface area contributed by atoms with Crippen LogP contribution in [-0.2, 0) is 0 Å². The normalized spacial score (nSPS) is 24.4. The maximum absolute atomic E-state index is 13.2. The fourth-order valence-electron chi connectivity index (χ4n) is 2.61. The summed E-state index contributed by atoms with van der Waals surface area (Å²) in [5.41, 5.74) is 0.902. The Morgan fingerprint density at radius 2 is 2.22 bits per heavy atom. The van der Waals surface area contributed by atoms with E-state index < -0.39 is 0 Å². The van der Waals surface area contributed by atoms with Crippen LogP contribution in [0.2, 0.25) is 5.02 Å². The molecule has 0 spiro atoms. The molecule has 0 amide bonds. The van der Waals surface area contributed by atoms with Crippen molar-refractivity contribution in [2.75, 3.05) is 25.0 Å². The highest BCUT2D eigenvalue weighted by atomic mass is 79.9. The van der Waals surface area contributed by atoms with E-state index in [-0.39, 0.29) is 5.82 Å². The quantitative estimate of drug-likeness (QED) is 0.887. The molecule has 0 radical (unpaired) electrons. The van der Waals surface area contributed by atoms with Gasteiger partial charge in [0, 0.05) is 23.6 Å². The van der Waals surface area contributed by atoms with Crippen LogP contribution < -0.4 is 10.2 Å². The maximum atomic E-state index is 13.2. The van der Waals surface area contributed by atoms with Gasteiger partial charge in [0.25, 0.3) is 0 Å². The molecule has 1 saturated heterocycles. The third-order valence-corrected chi connectivity index (χ3v) is 4.47. The van der Waals surface area contributed by atoms with Crippen LogP contribution in [0, 0.1) is 11.7 Å². The van der Waals surface area contributed by atoms with Gasteiger partial charge in [0.15, 0.2) is 0 Å². The number of anilines is 1. The molecule has 1 aliphatic rings. The molecule has 1 N–H and O–H groups in total. The molecule has 0 aromatic heterocycles. The van der Waals surface area contributed by atoms with Crippen molar-refractivity contribution in [1.29, 1.82) is 0 Å². The summed E-state index contributed by atoms with van der Waals surface area (Å²) in [4.78, 5) is 2.23. The Hall–Kier alpha value is -0.320. The first-order chi connectivity index (χ1) is 8.52. The van der Waals surface area contributed by atoms with Gasteiger partial charge in [0.2, 0.25) is 0 Å². The van der Waals surface area contributed by atoms with Gasteiger partial charge in [0.05, 0.1) is 10.7 Å². The summed E-state index contributed by atoms with van der Waals surface area (Å²) >= 11 is 9.56. The molecule has 100 valence electrons. The summed E-state index contributed by atoms with van der Waals surface area (Å²) in [5, 5.41) is 3.80. The Balaban J connectivity index is 2.23. The Labute approximate surface area is 121 Å². The highest BCUT2D eigenvalue weighted by molar-refractivity contribution is 9.10. The van der Waals surface area contributed by atoms with E-state index in [9.17, 15) is 4.39 Å². The summed E-state index contributed by atoms with van der Waals surface area (Å²) in [6.45, 7) is 4.08. The van der Waals surface area contributed by atoms with E-state index in [1.54, 1.807) is 0 Å². The standard InChI is InChI=1S/C13H17BrClFN2/c1-8-7-18(4-3-12(8)17-2)13-10(14)5-9(16)6-11(13)15/h5-6,8,12,17H,3-4,7H2,1-2H3. The topological polar surface area (TPSA) is 15.3 Å². The van der Waals surface area contributed by atoms with E-state index in [2.05, 4.69) is 33.1 Å². The lowest BCUT2D eigenvalue weighted by atomic mass is 9.93. The molecule has 1 aromatic rings. The smallest absolute Gasteiger partial charge is 0.125 e. The van der Waals surface area contributed by atoms with Crippen LogP contribution in [0.3, 0.4) is 0 Å². The number of benzene rings is 1. The van der Waals surface area contributed by atoms with Crippen LogP contribution in [0.4, 0.5) is 10.1 Å². The first-order valence-corrected chi connectivity index (χ1v) is 7.26. The van der Waals surface area contributed by atoms with E-state index in [1.165, 1.54) is 12.1 Å². The number of nitrogens with zero attached hydrogens (tertiary/aromatic N) is 1. The van der Waals surface area contributed by atoms with Gasteiger partial charge in [-0.2, -0.15) is 0 Å². The largest absolute Gasteiger partial charge is 0.369 e. The van der Waals surface area contributed by atoms with Gasteiger partial charge in [-0.15, -0.1) is 0 Å². The van der Waals surface area contributed by atoms with Crippen LogP contribution in [0.25, 0.3) is 0 Å². The minimum absolute atomic E-state index is 0.311. The zero-order chi connectivity index (χ0) is 13.3. The van der Waals surface area contributed by atoms with Gasteiger partial charge in [-0.25, -0.2) is 4.39 Å². The average Bonchev–Trinajstić information content (AvgIpc) is 2.27. The summed E-state index contributed by atoms with van der Waals surface area (Å²) in [5.74, 6) is 0.227. The number of rotatable bonds is 2. The van der Waals surface area contributed by atoms with Crippen LogP contribution >= 0.6 is 27.5 Å². The molecule has 1 aliphatic heterocycles. The summed E-state index contributed by atoms with van der Waals surface area (Å²) in [7, 11) is 2.00. The van der Waals surface area contributed by atoms with Crippen LogP contribution in [0.1, 0.15) is 13.3 Å². The second kappa shape index (κ2) is 5.76. The predicted molar refractivity (Wildman–Crippen MR) is 78.0 cm³/mol. The minimum Gasteiger partial charge on any atom is -0.369 e. The van der Waals surface area contributed by atoms with Crippen molar-refractivity contribution in [2.45, 2.75) is 19.4 Å². The van der Waals surface area contributed by atoms with Crippen LogP contribution in [-0.4, -0.2) is 26.2 Å². The molecule has 5 heteroatoms. The van der Waals surface area contributed by atoms with Crippen molar-refractivity contribution in [3.8, 4) is 0 Å². The molecular weight excluding hydrogens is 319 g/mol. The molecule has 1 aromatic carbocycles. The third kappa shape index (κ3) is 2.81. The van der Waals surface area contributed by atoms with Gasteiger partial charge in [-0.1, -0.05) is 18.5 Å². The molecule has 2 unspecified atom stereocenters. The summed E-state index contributed by atoms with van der Waals surface area (Å²) in [6.07, 6.45) is 1.07. The molecular formula is C13H17BrClFN2. The highest BCUT2D eigenvalue weighted by Crippen LogP contribution is 2.37. The van der Waals surface area contributed by atoms with Gasteiger partial charge >= 0.3 is 0 Å². The predicted octanol–water partition coefficient (Wildman–Crippen LogP) is 3.68. The first kappa shape index (κ1) is 14.1. The fraction of sp³-hybridized carbons (Fsp3) is 0.538. The maximum Gasteiger partial charge on any atom is 0.125 e. The van der Waals surface area contributed by atoms with Crippen molar-refractivity contribution in [3.05, 3.63) is 27.4 Å². The second-order valence-corrected chi connectivity index (χ2v) is 6.09. The van der Waals surface area contributed by atoms with Crippen molar-refractivity contribution in [3.63, 3.8) is 0 Å². The monoisotopic (exact) mass is 334 g/mol. The molecule has 0 aliphatic carbocycles. The Morgan fingerprint density at radius 1 is 1.50 bits per heavy atom. The first-order valence-electron chi connectivity index (χ1n) is 6.09. The van der Waals surface area contributed by atoms with Gasteiger partial charge in [-0.3, -0.25) is 0 Å². The molecule has 1 heterocycles. The molecule has 0 bridgehead atoms. The Kier molecular flexibility index (Phi) is 4.51. The Bertz CT molecular complexity index is 418. The van der Waals surface area contributed by atoms with Crippen molar-refractivity contribution in [1.82, 2.24) is 5.32 Å². The van der Waals surface area contributed by atoms with Crippen molar-refractivity contribution in [2.24, 2.45) is 5.92 Å². The van der Waals surface area contributed by atoms with E-state index in [0.717, 1.165) is 29.7 Å². The third-order valence-electron chi connectivity index (χ3n) is 3.57. The van der Waals surface area contributed by atoms with Gasteiger partial charge < -0.3 is 10.2 Å². The van der Waals surface area contributed by atoms with E-state index in [0.29, 0.717) is 17.0 Å². The number of halogens is 3. The minimum atomic E-state index is -0.311. The van der Waals surface area contributed by atoms with Crippen molar-refractivity contribution < 1.29 is 4.39 Å². The van der Waals surface area contributed by atoms with E-state index in [4.69, 9.17) is 11.6 Å². The second-order valence-electron chi connectivity index (χ2n) is 4.83. The SMILES string of the molecule is CNC1CCN(c2c(Cl)cc(F)cc2Br)CC1C. The lowest BCUT2D eigenvalue weighted by Crippen LogP contribution is -2.47. The lowest BCUT2D eigenvalue weighted by Gasteiger charge is -2.39. The average molecular weight is 336 g/mol. The number of hydrogen-bond donors (Lipinski definition) is 1. The molecule has 0 saturated carbocycles. The zero-order valence-electron chi connectivity index (χ0n) is 10.5.